The maximum absolute atomic E-state index is 12.7. The van der Waals surface area contributed by atoms with E-state index in [2.05, 4.69) is 5.32 Å². The third-order valence-electron chi connectivity index (χ3n) is 3.66. The van der Waals surface area contributed by atoms with Crippen LogP contribution >= 0.6 is 12.4 Å². The number of halogens is 1. The molecule has 0 aliphatic carbocycles. The van der Waals surface area contributed by atoms with Crippen LogP contribution in [0.3, 0.4) is 0 Å². The first-order valence-electron chi connectivity index (χ1n) is 6.87. The van der Waals surface area contributed by atoms with Crippen molar-refractivity contribution in [3.8, 4) is 5.75 Å². The summed E-state index contributed by atoms with van der Waals surface area (Å²) < 4.78 is 32.2. The Kier molecular flexibility index (Phi) is 6.93. The van der Waals surface area contributed by atoms with Crippen LogP contribution < -0.4 is 10.1 Å². The lowest BCUT2D eigenvalue weighted by Gasteiger charge is -2.32. The second-order valence-corrected chi connectivity index (χ2v) is 6.99. The number of rotatable bonds is 5. The van der Waals surface area contributed by atoms with Crippen LogP contribution in [-0.2, 0) is 10.0 Å². The number of nitrogens with one attached hydrogen (secondary N) is 1. The van der Waals surface area contributed by atoms with Crippen LogP contribution in [0.4, 0.5) is 0 Å². The minimum Gasteiger partial charge on any atom is -0.495 e. The highest BCUT2D eigenvalue weighted by Gasteiger charge is 2.31. The lowest BCUT2D eigenvalue weighted by molar-refractivity contribution is 0.262. The van der Waals surface area contributed by atoms with Gasteiger partial charge >= 0.3 is 0 Å². The van der Waals surface area contributed by atoms with Crippen LogP contribution in [-0.4, -0.2) is 46.5 Å². The molecular formula is C14H23ClN2O3S. The van der Waals surface area contributed by atoms with E-state index in [0.717, 1.165) is 19.4 Å². The third-order valence-corrected chi connectivity index (χ3v) is 5.57. The summed E-state index contributed by atoms with van der Waals surface area (Å²) in [5.74, 6) is 0.779. The van der Waals surface area contributed by atoms with Crippen LogP contribution in [0, 0.1) is 5.92 Å². The van der Waals surface area contributed by atoms with Crippen LogP contribution in [0.2, 0.25) is 0 Å². The average Bonchev–Trinajstić information content (AvgIpc) is 2.48. The largest absolute Gasteiger partial charge is 0.495 e. The summed E-state index contributed by atoms with van der Waals surface area (Å²) in [6.07, 6.45) is 1.97. The summed E-state index contributed by atoms with van der Waals surface area (Å²) >= 11 is 0. The van der Waals surface area contributed by atoms with Gasteiger partial charge in [0, 0.05) is 13.1 Å². The molecule has 1 saturated heterocycles. The van der Waals surface area contributed by atoms with Gasteiger partial charge in [-0.15, -0.1) is 12.4 Å². The van der Waals surface area contributed by atoms with E-state index in [1.165, 1.54) is 7.11 Å². The van der Waals surface area contributed by atoms with Gasteiger partial charge in [0.1, 0.15) is 10.6 Å². The Balaban J connectivity index is 0.00000220. The Morgan fingerprint density at radius 1 is 1.38 bits per heavy atom. The smallest absolute Gasteiger partial charge is 0.246 e. The number of benzene rings is 1. The van der Waals surface area contributed by atoms with E-state index in [9.17, 15) is 8.42 Å². The van der Waals surface area contributed by atoms with Gasteiger partial charge in [-0.3, -0.25) is 0 Å². The van der Waals surface area contributed by atoms with Crippen LogP contribution in [0.25, 0.3) is 0 Å². The van der Waals surface area contributed by atoms with Crippen molar-refractivity contribution in [1.29, 1.82) is 0 Å². The molecule has 21 heavy (non-hydrogen) atoms. The monoisotopic (exact) mass is 334 g/mol. The minimum atomic E-state index is -3.48. The molecule has 1 aromatic carbocycles. The number of para-hydroxylation sites is 1. The maximum atomic E-state index is 12.7. The van der Waals surface area contributed by atoms with Gasteiger partial charge in [0.05, 0.1) is 7.11 Å². The van der Waals surface area contributed by atoms with Crippen molar-refractivity contribution in [1.82, 2.24) is 9.62 Å². The molecule has 2 rings (SSSR count). The normalized spacial score (nSPS) is 19.8. The number of nitrogens with zero attached hydrogens (tertiary/aromatic N) is 1. The van der Waals surface area contributed by atoms with E-state index in [-0.39, 0.29) is 17.3 Å². The summed E-state index contributed by atoms with van der Waals surface area (Å²) in [4.78, 5) is 0.257. The van der Waals surface area contributed by atoms with Gasteiger partial charge in [0.15, 0.2) is 0 Å². The third kappa shape index (κ3) is 4.10. The summed E-state index contributed by atoms with van der Waals surface area (Å²) in [6, 6.07) is 6.79. The SMILES string of the molecule is CNCC1CCCN(S(=O)(=O)c2ccccc2OC)C1.Cl. The first-order valence-corrected chi connectivity index (χ1v) is 8.31. The molecule has 7 heteroatoms. The number of hydrogen-bond acceptors (Lipinski definition) is 4. The minimum absolute atomic E-state index is 0. The second-order valence-electron chi connectivity index (χ2n) is 5.08. The Morgan fingerprint density at radius 2 is 2.10 bits per heavy atom. The molecule has 1 unspecified atom stereocenters. The number of methoxy groups -OCH3 is 1. The van der Waals surface area contributed by atoms with Gasteiger partial charge in [0.25, 0.3) is 0 Å². The summed E-state index contributed by atoms with van der Waals surface area (Å²) in [6.45, 7) is 2.00. The van der Waals surface area contributed by atoms with Gasteiger partial charge in [0.2, 0.25) is 10.0 Å². The quantitative estimate of drug-likeness (QED) is 0.891. The molecule has 0 saturated carbocycles. The molecular weight excluding hydrogens is 312 g/mol. The molecule has 1 N–H and O–H groups in total. The number of sulfonamides is 1. The van der Waals surface area contributed by atoms with E-state index in [0.29, 0.717) is 24.8 Å². The van der Waals surface area contributed by atoms with Crippen molar-refractivity contribution in [3.63, 3.8) is 0 Å². The predicted octanol–water partition coefficient (Wildman–Crippen LogP) is 1.74. The average molecular weight is 335 g/mol. The highest BCUT2D eigenvalue weighted by atomic mass is 35.5. The molecule has 1 heterocycles. The molecule has 1 aromatic rings. The van der Waals surface area contributed by atoms with Crippen LogP contribution in [0.5, 0.6) is 5.75 Å². The molecule has 1 atom stereocenters. The molecule has 0 radical (unpaired) electrons. The Morgan fingerprint density at radius 3 is 2.76 bits per heavy atom. The molecule has 0 bridgehead atoms. The van der Waals surface area contributed by atoms with Gasteiger partial charge in [-0.05, 0) is 44.5 Å². The zero-order valence-corrected chi connectivity index (χ0v) is 14.0. The fourth-order valence-electron chi connectivity index (χ4n) is 2.67. The highest BCUT2D eigenvalue weighted by molar-refractivity contribution is 7.89. The molecule has 0 aromatic heterocycles. The standard InChI is InChI=1S/C14H22N2O3S.ClH/c1-15-10-12-6-5-9-16(11-12)20(17,18)14-8-4-3-7-13(14)19-2;/h3-4,7-8,12,15H,5-6,9-11H2,1-2H3;1H. The van der Waals surface area contributed by atoms with E-state index >= 15 is 0 Å². The lowest BCUT2D eigenvalue weighted by atomic mass is 10.00. The first-order chi connectivity index (χ1) is 9.59. The van der Waals surface area contributed by atoms with Gasteiger partial charge < -0.3 is 10.1 Å². The Hall–Kier alpha value is -0.820. The van der Waals surface area contributed by atoms with Crippen molar-refractivity contribution in [2.24, 2.45) is 5.92 Å². The number of piperidine rings is 1. The molecule has 1 fully saturated rings. The van der Waals surface area contributed by atoms with E-state index in [1.807, 2.05) is 7.05 Å². The molecule has 1 aliphatic rings. The van der Waals surface area contributed by atoms with Crippen molar-refractivity contribution in [2.45, 2.75) is 17.7 Å². The van der Waals surface area contributed by atoms with Crippen molar-refractivity contribution in [3.05, 3.63) is 24.3 Å². The molecule has 5 nitrogen and oxygen atoms in total. The lowest BCUT2D eigenvalue weighted by Crippen LogP contribution is -2.42. The topological polar surface area (TPSA) is 58.6 Å². The zero-order valence-electron chi connectivity index (χ0n) is 12.4. The first kappa shape index (κ1) is 18.2. The van der Waals surface area contributed by atoms with Crippen molar-refractivity contribution in [2.75, 3.05) is 33.8 Å². The summed E-state index contributed by atoms with van der Waals surface area (Å²) in [5.41, 5.74) is 0. The molecule has 120 valence electrons. The fraction of sp³-hybridized carbons (Fsp3) is 0.571. The van der Waals surface area contributed by atoms with E-state index in [1.54, 1.807) is 28.6 Å². The number of hydrogen-bond donors (Lipinski definition) is 1. The Labute approximate surface area is 133 Å². The van der Waals surface area contributed by atoms with Crippen LogP contribution in [0.15, 0.2) is 29.2 Å². The van der Waals surface area contributed by atoms with Gasteiger partial charge in [-0.25, -0.2) is 8.42 Å². The van der Waals surface area contributed by atoms with Crippen molar-refractivity contribution >= 4 is 22.4 Å². The zero-order chi connectivity index (χ0) is 14.6. The molecule has 1 aliphatic heterocycles. The maximum Gasteiger partial charge on any atom is 0.246 e. The summed E-state index contributed by atoms with van der Waals surface area (Å²) in [5, 5.41) is 3.13. The second kappa shape index (κ2) is 7.98. The van der Waals surface area contributed by atoms with Crippen LogP contribution in [0.1, 0.15) is 12.8 Å². The summed E-state index contributed by atoms with van der Waals surface area (Å²) in [7, 11) is -0.0846. The van der Waals surface area contributed by atoms with Gasteiger partial charge in [-0.2, -0.15) is 4.31 Å². The Bertz CT molecular complexity index is 549. The predicted molar refractivity (Wildman–Crippen MR) is 85.7 cm³/mol. The van der Waals surface area contributed by atoms with E-state index in [4.69, 9.17) is 4.74 Å². The number of ether oxygens (including phenoxy) is 1. The van der Waals surface area contributed by atoms with Gasteiger partial charge in [-0.1, -0.05) is 12.1 Å². The molecule has 0 amide bonds. The fourth-order valence-corrected chi connectivity index (χ4v) is 4.38. The highest BCUT2D eigenvalue weighted by Crippen LogP contribution is 2.29. The van der Waals surface area contributed by atoms with Crippen molar-refractivity contribution < 1.29 is 13.2 Å². The van der Waals surface area contributed by atoms with E-state index < -0.39 is 10.0 Å². The molecule has 0 spiro atoms.